The Bertz CT molecular complexity index is 3930. The number of ether oxygens (including phenoxy) is 11. The van der Waals surface area contributed by atoms with Gasteiger partial charge in [0, 0.05) is 137 Å². The summed E-state index contributed by atoms with van der Waals surface area (Å²) in [4.78, 5) is 177. The van der Waals surface area contributed by atoms with Gasteiger partial charge in [-0.05, 0) is 44.4 Å². The molecule has 5 fully saturated rings. The molecular weight excluding hydrogens is 1750 g/mol. The Morgan fingerprint density at radius 2 is 0.961 bits per heavy atom. The third-order valence-electron chi connectivity index (χ3n) is 21.9. The topological polar surface area (TPSA) is 703 Å². The summed E-state index contributed by atoms with van der Waals surface area (Å²) in [6.45, 7) is -1.72. The van der Waals surface area contributed by atoms with Crippen molar-refractivity contribution in [3.05, 3.63) is 12.7 Å². The summed E-state index contributed by atoms with van der Waals surface area (Å²) in [5.41, 5.74) is 4.70. The van der Waals surface area contributed by atoms with E-state index in [9.17, 15) is 118 Å². The van der Waals surface area contributed by atoms with E-state index in [1.165, 1.54) is 31.3 Å². The van der Waals surface area contributed by atoms with Crippen LogP contribution in [-0.2, 0) is 128 Å². The second-order valence-corrected chi connectivity index (χ2v) is 35.5. The summed E-state index contributed by atoms with van der Waals surface area (Å²) in [5, 5.41) is 105. The second-order valence-electron chi connectivity index (χ2n) is 32.2. The highest BCUT2D eigenvalue weighted by molar-refractivity contribution is 7.51. The lowest BCUT2D eigenvalue weighted by atomic mass is 9.90. The minimum absolute atomic E-state index is 0.0519. The van der Waals surface area contributed by atoms with E-state index < -0.39 is 250 Å². The zero-order valence-electron chi connectivity index (χ0n) is 72.2. The van der Waals surface area contributed by atoms with Gasteiger partial charge in [0.15, 0.2) is 30.3 Å². The lowest BCUT2D eigenvalue weighted by molar-refractivity contribution is -0.269. The normalized spacial score (nSPS) is 28.5. The van der Waals surface area contributed by atoms with E-state index in [2.05, 4.69) is 41.5 Å². The van der Waals surface area contributed by atoms with Crippen molar-refractivity contribution in [1.82, 2.24) is 46.1 Å². The maximum absolute atomic E-state index is 14.6. The first-order valence-corrected chi connectivity index (χ1v) is 46.0. The minimum atomic E-state index is -5.10. The van der Waals surface area contributed by atoms with Crippen LogP contribution in [0.15, 0.2) is 12.7 Å². The molecule has 0 bridgehead atoms. The number of nitrogen functional groups attached to an aromatic ring is 1. The molecule has 9 unspecified atom stereocenters. The summed E-state index contributed by atoms with van der Waals surface area (Å²) >= 11 is 0. The molecule has 5 aliphatic rings. The molecular formula is C78H126N10O38P2. The van der Waals surface area contributed by atoms with Gasteiger partial charge < -0.3 is 145 Å². The van der Waals surface area contributed by atoms with E-state index in [0.717, 1.165) is 20.5 Å². The molecule has 1 aliphatic carbocycles. The van der Waals surface area contributed by atoms with Crippen LogP contribution >= 0.6 is 15.4 Å². The number of Topliss-reactive ketones (excluding diaryl/α,β-unsaturated/α-hetero) is 6. The zero-order valence-corrected chi connectivity index (χ0v) is 74.0. The molecule has 0 radical (unpaired) electrons. The van der Waals surface area contributed by atoms with Crippen LogP contribution in [0, 0.1) is 11.8 Å². The molecule has 4 aliphatic heterocycles. The maximum Gasteiger partial charge on any atom is 0.472 e. The standard InChI is InChI=1S/C78H126N10O38P2/c1-43(92)84-63-70(106)67(103)56(33-89)123-75(63)117-27-19-47(95)10-6-7-23-80-60(101)22-26-116-40-78(38-114-24-17-48(96)11-8-13-50(98)20-28-118-76-64(85-44(2)93)71(107)68(104)57(34-90)124-76,39-115-25-18-49(97)12-9-14-51(99)21-29-119-77-65(86-45(3)94)72(108)69(105)58(35-91)125-77)87-61(102)16-15-54(100)53-31-52(113-4)30-46(53)36-121-128(111,112)126-55-32-62(122-59(55)37-120-127(5,109)110)88-42-83-66-73(79)81-41-82-74(66)88/h41-42,46,52-53,55-59,62-65,67-72,75-77,89-91,103-108H,6-40H2,1-5H3,(H,80,101)(H,84,92)(H,85,93)(H,86,94)(H,87,102)(H,109,110)(H,111,112)(H2,79,81,82)/t46-,52+,53?,55-,56?,57?,58?,59+,62+,63?,64?,65?,67-,68-,69-,70+,71+,72+,75+,76+,77+,78?/m0/s1. The second kappa shape index (κ2) is 53.8. The summed E-state index contributed by atoms with van der Waals surface area (Å²) < 4.78 is 108. The Hall–Kier alpha value is -6.82. The summed E-state index contributed by atoms with van der Waals surface area (Å²) in [7, 11) is -7.83. The van der Waals surface area contributed by atoms with Gasteiger partial charge in [-0.25, -0.2) is 19.5 Å². The molecule has 23 atom stereocenters. The highest BCUT2D eigenvalue weighted by atomic mass is 31.2. The van der Waals surface area contributed by atoms with Crippen LogP contribution in [0.5, 0.6) is 0 Å². The fraction of sp³-hybridized carbons (Fsp3) is 0.795. The van der Waals surface area contributed by atoms with Crippen LogP contribution in [0.3, 0.4) is 0 Å². The number of fused-ring (bicyclic) bond motifs is 1. The van der Waals surface area contributed by atoms with Crippen molar-refractivity contribution in [3.63, 3.8) is 0 Å². The van der Waals surface area contributed by atoms with Crippen LogP contribution in [0.25, 0.3) is 11.2 Å². The maximum atomic E-state index is 14.6. The smallest absolute Gasteiger partial charge is 0.394 e. The quantitative estimate of drug-likeness (QED) is 0.0222. The number of methoxy groups -OCH3 is 1. The number of imidazole rings is 1. The SMILES string of the molecule is CO[C@H]1CC(C(=O)CCC(=O)NC(COCCC(=O)CCCC(=O)CCO[C@@H]2OC(CO)[C@H](O)[C@H](O)C2NC(C)=O)(COCCC(=O)CCCC(=O)CCO[C@@H]2OC(CO)[C@H](O)[C@H](O)C2NC(C)=O)COCCC(=O)NCCCCC(=O)CCO[C@@H]2OC(CO)[C@H](O)[C@H](O)C2NC(C)=O)[C@H](COP(=O)(O)O[C@H]2C[C@H](n3cnc4c(N)ncnc43)O[C@@H]2COP(C)(=O)O)C1. The molecule has 6 heterocycles. The number of ketones is 6. The van der Waals surface area contributed by atoms with Crippen LogP contribution in [0.4, 0.5) is 5.82 Å². The Morgan fingerprint density at radius 1 is 0.516 bits per heavy atom. The number of aromatic nitrogens is 4. The molecule has 18 N–H and O–H groups in total. The van der Waals surface area contributed by atoms with Crippen molar-refractivity contribution >= 4 is 96.6 Å². The fourth-order valence-corrected chi connectivity index (χ4v) is 16.5. The van der Waals surface area contributed by atoms with E-state index in [1.54, 1.807) is 0 Å². The number of phosphoric acid groups is 1. The molecule has 7 rings (SSSR count). The van der Waals surface area contributed by atoms with Gasteiger partial charge in [-0.1, -0.05) is 0 Å². The van der Waals surface area contributed by atoms with Gasteiger partial charge in [-0.2, -0.15) is 0 Å². The monoisotopic (exact) mass is 1870 g/mol. The van der Waals surface area contributed by atoms with E-state index >= 15 is 0 Å². The predicted molar refractivity (Wildman–Crippen MR) is 436 cm³/mol. The Labute approximate surface area is 737 Å². The third-order valence-corrected chi connectivity index (χ3v) is 23.5. The Kier molecular flexibility index (Phi) is 45.5. The van der Waals surface area contributed by atoms with Gasteiger partial charge in [0.1, 0.15) is 144 Å². The van der Waals surface area contributed by atoms with Crippen LogP contribution < -0.4 is 32.3 Å². The van der Waals surface area contributed by atoms with Crippen molar-refractivity contribution in [3.8, 4) is 0 Å². The highest BCUT2D eigenvalue weighted by Crippen LogP contribution is 2.51. The average Bonchev–Trinajstić information content (AvgIpc) is 1.18. The van der Waals surface area contributed by atoms with Crippen molar-refractivity contribution in [2.24, 2.45) is 11.8 Å². The molecule has 5 amide bonds. The van der Waals surface area contributed by atoms with E-state index in [1.807, 2.05) is 0 Å². The largest absolute Gasteiger partial charge is 0.472 e. The molecule has 2 aromatic heterocycles. The van der Waals surface area contributed by atoms with Gasteiger partial charge in [-0.15, -0.1) is 0 Å². The molecule has 0 spiro atoms. The minimum Gasteiger partial charge on any atom is -0.394 e. The molecule has 4 saturated heterocycles. The number of phosphoric ester groups is 1. The first-order valence-electron chi connectivity index (χ1n) is 42.4. The van der Waals surface area contributed by atoms with Crippen molar-refractivity contribution in [1.29, 1.82) is 0 Å². The number of aliphatic hydroxyl groups excluding tert-OH is 9. The third kappa shape index (κ3) is 35.3. The van der Waals surface area contributed by atoms with Gasteiger partial charge in [0.25, 0.3) is 0 Å². The van der Waals surface area contributed by atoms with Crippen LogP contribution in [0.2, 0.25) is 0 Å². The van der Waals surface area contributed by atoms with Crippen molar-refractivity contribution in [2.45, 2.75) is 271 Å². The number of nitrogens with zero attached hydrogens (tertiary/aromatic N) is 4. The number of hydrogen-bond donors (Lipinski definition) is 17. The number of aliphatic hydroxyl groups is 9. The lowest BCUT2D eigenvalue weighted by Crippen LogP contribution is -2.64. The summed E-state index contributed by atoms with van der Waals surface area (Å²) in [6, 6.07) is -3.70. The number of carbonyl (C=O) groups is 11. The summed E-state index contributed by atoms with van der Waals surface area (Å²) in [6.07, 6.45) is -20.3. The van der Waals surface area contributed by atoms with Gasteiger partial charge in [0.05, 0.1) is 105 Å². The molecule has 726 valence electrons. The molecule has 48 nitrogen and oxygen atoms in total. The fourth-order valence-electron chi connectivity index (χ4n) is 15.1. The first-order chi connectivity index (χ1) is 60.8. The van der Waals surface area contributed by atoms with Gasteiger partial charge >= 0.3 is 15.4 Å². The number of carbonyl (C=O) groups excluding carboxylic acids is 11. The molecule has 50 heteroatoms. The average molecular weight is 1870 g/mol. The Balaban J connectivity index is 0.998. The number of rotatable bonds is 61. The molecule has 0 aromatic carbocycles. The number of nitrogens with one attached hydrogen (secondary N) is 5. The Morgan fingerprint density at radius 3 is 1.40 bits per heavy atom. The predicted octanol–water partition coefficient (Wildman–Crippen LogP) is -3.98. The number of amides is 5. The lowest BCUT2D eigenvalue weighted by Gasteiger charge is -2.42. The van der Waals surface area contributed by atoms with E-state index in [0.29, 0.717) is 12.8 Å². The van der Waals surface area contributed by atoms with Crippen molar-refractivity contribution < 1.29 is 183 Å². The first kappa shape index (κ1) is 108. The van der Waals surface area contributed by atoms with Crippen LogP contribution in [-0.4, -0.2) is 368 Å². The number of hydrogen-bond acceptors (Lipinski definition) is 40. The van der Waals surface area contributed by atoms with E-state index in [-0.39, 0.29) is 195 Å². The van der Waals surface area contributed by atoms with Gasteiger partial charge in [0.2, 0.25) is 29.5 Å². The van der Waals surface area contributed by atoms with Gasteiger partial charge in [-0.3, -0.25) is 70.9 Å². The molecule has 1 saturated carbocycles. The van der Waals surface area contributed by atoms with Crippen molar-refractivity contribution in [2.75, 3.05) is 119 Å². The molecule has 2 aromatic rings. The number of unbranched alkanes of at least 4 members (excludes halogenated alkanes) is 1. The number of nitrogens with two attached hydrogens (primary N) is 1. The van der Waals surface area contributed by atoms with E-state index in [4.69, 9.17) is 71.4 Å². The summed E-state index contributed by atoms with van der Waals surface area (Å²) in [5.74, 6) is -6.79. The highest BCUT2D eigenvalue weighted by Gasteiger charge is 2.50. The zero-order chi connectivity index (χ0) is 94.0. The molecule has 128 heavy (non-hydrogen) atoms. The number of anilines is 1. The van der Waals surface area contributed by atoms with Crippen LogP contribution in [0.1, 0.15) is 155 Å².